The van der Waals surface area contributed by atoms with Crippen LogP contribution in [0.5, 0.6) is 5.75 Å². The highest BCUT2D eigenvalue weighted by Crippen LogP contribution is 2.39. The van der Waals surface area contributed by atoms with Gasteiger partial charge in [0.25, 0.3) is 10.0 Å². The normalized spacial score (nSPS) is 13.7. The predicted octanol–water partition coefficient (Wildman–Crippen LogP) is 3.86. The quantitative estimate of drug-likeness (QED) is 0.524. The fourth-order valence-corrected chi connectivity index (χ4v) is 4.78. The zero-order valence-corrected chi connectivity index (χ0v) is 17.1. The second-order valence-corrected chi connectivity index (χ2v) is 8.84. The van der Waals surface area contributed by atoms with Crippen LogP contribution in [-0.2, 0) is 10.0 Å². The van der Waals surface area contributed by atoms with Gasteiger partial charge in [0.15, 0.2) is 0 Å². The highest BCUT2D eigenvalue weighted by Gasteiger charge is 2.20. The van der Waals surface area contributed by atoms with E-state index in [4.69, 9.17) is 4.74 Å². The van der Waals surface area contributed by atoms with Crippen molar-refractivity contribution in [2.24, 2.45) is 0 Å². The van der Waals surface area contributed by atoms with Crippen LogP contribution in [0.4, 0.5) is 11.4 Å². The topological polar surface area (TPSA) is 87.3 Å². The van der Waals surface area contributed by atoms with E-state index in [0.29, 0.717) is 17.9 Å². The molecule has 0 radical (unpaired) electrons. The van der Waals surface area contributed by atoms with Crippen LogP contribution in [-0.4, -0.2) is 38.6 Å². The Labute approximate surface area is 174 Å². The first-order chi connectivity index (χ1) is 14.5. The molecule has 0 saturated heterocycles. The van der Waals surface area contributed by atoms with Crippen LogP contribution in [0, 0.1) is 0 Å². The van der Waals surface area contributed by atoms with Crippen molar-refractivity contribution in [2.75, 3.05) is 29.8 Å². The van der Waals surface area contributed by atoms with Crippen molar-refractivity contribution in [2.45, 2.75) is 4.90 Å². The van der Waals surface area contributed by atoms with Crippen molar-refractivity contribution < 1.29 is 13.2 Å². The van der Waals surface area contributed by atoms with Gasteiger partial charge in [-0.15, -0.1) is 0 Å². The Morgan fingerprint density at radius 2 is 1.97 bits per heavy atom. The maximum Gasteiger partial charge on any atom is 0.261 e. The van der Waals surface area contributed by atoms with Crippen molar-refractivity contribution in [3.8, 4) is 16.9 Å². The van der Waals surface area contributed by atoms with Gasteiger partial charge in [0.05, 0.1) is 28.2 Å². The smallest absolute Gasteiger partial charge is 0.261 e. The lowest BCUT2D eigenvalue weighted by Crippen LogP contribution is -2.28. The fourth-order valence-electron chi connectivity index (χ4n) is 3.69. The Hall–Kier alpha value is -3.52. The molecule has 0 fully saturated rings. The second kappa shape index (κ2) is 7.07. The lowest BCUT2D eigenvalue weighted by atomic mass is 10.0. The zero-order valence-electron chi connectivity index (χ0n) is 16.3. The number of hydrogen-bond donors (Lipinski definition) is 2. The first-order valence-electron chi connectivity index (χ1n) is 9.55. The fraction of sp³-hybridized carbons (Fsp3) is 0.136. The minimum absolute atomic E-state index is 0.208. The number of aromatic nitrogens is 2. The molecule has 0 aliphatic carbocycles. The number of pyridine rings is 1. The van der Waals surface area contributed by atoms with Gasteiger partial charge >= 0.3 is 0 Å². The molecule has 4 aromatic rings. The van der Waals surface area contributed by atoms with E-state index >= 15 is 0 Å². The number of anilines is 2. The highest BCUT2D eigenvalue weighted by atomic mass is 32.2. The number of aromatic amines is 1. The van der Waals surface area contributed by atoms with Crippen LogP contribution in [0.3, 0.4) is 0 Å². The van der Waals surface area contributed by atoms with Gasteiger partial charge in [-0.3, -0.25) is 4.72 Å². The van der Waals surface area contributed by atoms with Crippen LogP contribution in [0.15, 0.2) is 71.9 Å². The molecule has 0 bridgehead atoms. The molecule has 0 saturated carbocycles. The summed E-state index contributed by atoms with van der Waals surface area (Å²) in [5.41, 5.74) is 3.91. The third kappa shape index (κ3) is 3.15. The van der Waals surface area contributed by atoms with Crippen molar-refractivity contribution in [1.29, 1.82) is 0 Å². The molecule has 0 unspecified atom stereocenters. The first-order valence-corrected chi connectivity index (χ1v) is 11.0. The number of hydrogen-bond acceptors (Lipinski definition) is 5. The molecule has 1 aliphatic rings. The molecule has 5 rings (SSSR count). The summed E-state index contributed by atoms with van der Waals surface area (Å²) in [4.78, 5) is 9.88. The molecule has 3 heterocycles. The molecule has 152 valence electrons. The minimum atomic E-state index is -3.72. The third-order valence-corrected chi connectivity index (χ3v) is 6.62. The summed E-state index contributed by atoms with van der Waals surface area (Å²) in [6, 6.07) is 16.0. The Morgan fingerprint density at radius 3 is 2.80 bits per heavy atom. The third-order valence-electron chi connectivity index (χ3n) is 5.24. The van der Waals surface area contributed by atoms with Crippen molar-refractivity contribution in [3.05, 3.63) is 67.0 Å². The van der Waals surface area contributed by atoms with E-state index in [0.717, 1.165) is 34.5 Å². The maximum absolute atomic E-state index is 12.9. The average molecular weight is 420 g/mol. The summed E-state index contributed by atoms with van der Waals surface area (Å²) in [6.45, 7) is 1.47. The molecule has 0 atom stereocenters. The second-order valence-electron chi connectivity index (χ2n) is 7.16. The number of ether oxygens (including phenoxy) is 1. The van der Waals surface area contributed by atoms with E-state index in [-0.39, 0.29) is 4.90 Å². The molecule has 30 heavy (non-hydrogen) atoms. The van der Waals surface area contributed by atoms with Gasteiger partial charge in [-0.25, -0.2) is 13.4 Å². The van der Waals surface area contributed by atoms with E-state index < -0.39 is 10.0 Å². The number of benzene rings is 2. The molecule has 2 aromatic carbocycles. The standard InChI is InChI=1S/C22H20N4O3S/c1-26-11-12-29-20-8-7-15(13-19(20)26)17-14-24-22-21(17)18(9-10-23-22)25-30(27,28)16-5-3-2-4-6-16/h2-10,13-14H,11-12H2,1H3,(H2,23,24,25). The monoisotopic (exact) mass is 420 g/mol. The van der Waals surface area contributed by atoms with Gasteiger partial charge < -0.3 is 14.6 Å². The zero-order chi connectivity index (χ0) is 20.7. The molecule has 2 aromatic heterocycles. The van der Waals surface area contributed by atoms with Crippen LogP contribution in [0.25, 0.3) is 22.2 Å². The summed E-state index contributed by atoms with van der Waals surface area (Å²) in [5.74, 6) is 0.843. The first kappa shape index (κ1) is 18.5. The van der Waals surface area contributed by atoms with Crippen molar-refractivity contribution >= 4 is 32.4 Å². The number of fused-ring (bicyclic) bond motifs is 2. The number of nitrogens with zero attached hydrogens (tertiary/aromatic N) is 2. The van der Waals surface area contributed by atoms with Crippen molar-refractivity contribution in [1.82, 2.24) is 9.97 Å². The van der Waals surface area contributed by atoms with Crippen LogP contribution in [0.1, 0.15) is 0 Å². The van der Waals surface area contributed by atoms with Gasteiger partial charge in [-0.1, -0.05) is 24.3 Å². The average Bonchev–Trinajstić information content (AvgIpc) is 3.20. The van der Waals surface area contributed by atoms with Gasteiger partial charge in [-0.05, 0) is 35.9 Å². The number of sulfonamides is 1. The summed E-state index contributed by atoms with van der Waals surface area (Å²) in [5, 5.41) is 0.719. The molecule has 2 N–H and O–H groups in total. The molecule has 8 heteroatoms. The summed E-state index contributed by atoms with van der Waals surface area (Å²) < 4.78 is 34.2. The van der Waals surface area contributed by atoms with E-state index in [1.807, 2.05) is 25.4 Å². The van der Waals surface area contributed by atoms with E-state index in [1.54, 1.807) is 42.6 Å². The summed E-state index contributed by atoms with van der Waals surface area (Å²) in [7, 11) is -1.70. The Balaban J connectivity index is 1.62. The minimum Gasteiger partial charge on any atom is -0.490 e. The number of H-pyrrole nitrogens is 1. The van der Waals surface area contributed by atoms with Crippen LogP contribution < -0.4 is 14.4 Å². The SMILES string of the molecule is CN1CCOc2ccc(-c3c[nH]c4nccc(NS(=O)(=O)c5ccccc5)c34)cc21. The van der Waals surface area contributed by atoms with Crippen LogP contribution in [0.2, 0.25) is 0 Å². The van der Waals surface area contributed by atoms with Gasteiger partial charge in [-0.2, -0.15) is 0 Å². The Kier molecular flexibility index (Phi) is 4.36. The van der Waals surface area contributed by atoms with Crippen molar-refractivity contribution in [3.63, 3.8) is 0 Å². The molecular formula is C22H20N4O3S. The molecule has 7 nitrogen and oxygen atoms in total. The highest BCUT2D eigenvalue weighted by molar-refractivity contribution is 7.92. The molecule has 0 spiro atoms. The number of nitrogens with one attached hydrogen (secondary N) is 2. The van der Waals surface area contributed by atoms with E-state index in [2.05, 4.69) is 25.7 Å². The maximum atomic E-state index is 12.9. The number of likely N-dealkylation sites (N-methyl/N-ethyl adjacent to an activating group) is 1. The summed E-state index contributed by atoms with van der Waals surface area (Å²) >= 11 is 0. The molecule has 0 amide bonds. The largest absolute Gasteiger partial charge is 0.490 e. The number of rotatable bonds is 4. The Bertz CT molecular complexity index is 1330. The lowest BCUT2D eigenvalue weighted by molar-refractivity contribution is 0.311. The van der Waals surface area contributed by atoms with Gasteiger partial charge in [0.1, 0.15) is 18.0 Å². The lowest BCUT2D eigenvalue weighted by Gasteiger charge is -2.28. The molecular weight excluding hydrogens is 400 g/mol. The Morgan fingerprint density at radius 1 is 1.13 bits per heavy atom. The van der Waals surface area contributed by atoms with Gasteiger partial charge in [0, 0.05) is 25.0 Å². The molecule has 1 aliphatic heterocycles. The summed E-state index contributed by atoms with van der Waals surface area (Å²) in [6.07, 6.45) is 3.43. The predicted molar refractivity (Wildman–Crippen MR) is 118 cm³/mol. The van der Waals surface area contributed by atoms with E-state index in [1.165, 1.54) is 0 Å². The van der Waals surface area contributed by atoms with Gasteiger partial charge in [0.2, 0.25) is 0 Å². The van der Waals surface area contributed by atoms with Crippen LogP contribution >= 0.6 is 0 Å². The van der Waals surface area contributed by atoms with E-state index in [9.17, 15) is 8.42 Å².